The number of nitrogens with zero attached hydrogens (tertiary/aromatic N) is 1. The molecule has 1 aliphatic heterocycles. The number of rotatable bonds is 3. The molecule has 1 aromatic carbocycles. The number of piperidine rings is 1. The molecule has 1 aromatic rings. The average molecular weight is 333 g/mol. The molecule has 4 heteroatoms. The van der Waals surface area contributed by atoms with Crippen molar-refractivity contribution in [3.63, 3.8) is 0 Å². The van der Waals surface area contributed by atoms with Crippen LogP contribution in [0, 0.1) is 0 Å². The van der Waals surface area contributed by atoms with Crippen molar-refractivity contribution in [2.45, 2.75) is 84.1 Å². The summed E-state index contributed by atoms with van der Waals surface area (Å²) in [7, 11) is 0. The number of benzene rings is 1. The summed E-state index contributed by atoms with van der Waals surface area (Å²) in [6.45, 7) is 14.7. The summed E-state index contributed by atoms with van der Waals surface area (Å²) in [4.78, 5) is 18.6. The van der Waals surface area contributed by atoms with Crippen LogP contribution in [0.1, 0.15) is 71.7 Å². The Balaban J connectivity index is 2.13. The van der Waals surface area contributed by atoms with Crippen LogP contribution in [0.15, 0.2) is 30.3 Å². The summed E-state index contributed by atoms with van der Waals surface area (Å²) in [5, 5.41) is 2.09. The van der Waals surface area contributed by atoms with E-state index in [0.29, 0.717) is 5.56 Å². The van der Waals surface area contributed by atoms with Crippen LogP contribution in [0.4, 0.5) is 0 Å². The second kappa shape index (κ2) is 6.49. The van der Waals surface area contributed by atoms with Gasteiger partial charge in [-0.1, -0.05) is 18.2 Å². The SMILES string of the molecule is CC(C)(C)ON1C(C)(C)CC(OC(=O)c2ccccc2)CC1(C)C. The molecular weight excluding hydrogens is 302 g/mol. The highest BCUT2D eigenvalue weighted by Gasteiger charge is 2.49. The number of hydrogen-bond acceptors (Lipinski definition) is 4. The Morgan fingerprint density at radius 3 is 2.00 bits per heavy atom. The zero-order chi connectivity index (χ0) is 18.2. The lowest BCUT2D eigenvalue weighted by Gasteiger charge is -2.55. The fraction of sp³-hybridized carbons (Fsp3) is 0.650. The lowest BCUT2D eigenvalue weighted by Crippen LogP contribution is -2.63. The van der Waals surface area contributed by atoms with Gasteiger partial charge in [0.25, 0.3) is 0 Å². The molecule has 1 fully saturated rings. The predicted molar refractivity (Wildman–Crippen MR) is 95.7 cm³/mol. The van der Waals surface area contributed by atoms with Gasteiger partial charge in [-0.3, -0.25) is 4.84 Å². The number of ether oxygens (including phenoxy) is 1. The zero-order valence-corrected chi connectivity index (χ0v) is 16.1. The highest BCUT2D eigenvalue weighted by Crippen LogP contribution is 2.41. The van der Waals surface area contributed by atoms with Crippen LogP contribution in [0.2, 0.25) is 0 Å². The molecule has 0 radical (unpaired) electrons. The molecule has 0 spiro atoms. The molecule has 1 saturated heterocycles. The Kier molecular flexibility index (Phi) is 5.12. The van der Waals surface area contributed by atoms with E-state index in [1.807, 2.05) is 18.2 Å². The number of carbonyl (C=O) groups excluding carboxylic acids is 1. The van der Waals surface area contributed by atoms with Gasteiger partial charge in [0.2, 0.25) is 0 Å². The van der Waals surface area contributed by atoms with E-state index >= 15 is 0 Å². The second-order valence-corrected chi connectivity index (χ2v) is 8.92. The van der Waals surface area contributed by atoms with Crippen molar-refractivity contribution in [3.8, 4) is 0 Å². The van der Waals surface area contributed by atoms with E-state index in [1.165, 1.54) is 0 Å². The first-order valence-corrected chi connectivity index (χ1v) is 8.66. The molecule has 0 amide bonds. The van der Waals surface area contributed by atoms with Crippen molar-refractivity contribution in [3.05, 3.63) is 35.9 Å². The summed E-state index contributed by atoms with van der Waals surface area (Å²) >= 11 is 0. The molecule has 0 saturated carbocycles. The third kappa shape index (κ3) is 4.58. The Morgan fingerprint density at radius 1 is 1.04 bits per heavy atom. The molecule has 0 atom stereocenters. The lowest BCUT2D eigenvalue weighted by atomic mass is 9.80. The molecule has 0 unspecified atom stereocenters. The lowest BCUT2D eigenvalue weighted by molar-refractivity contribution is -0.332. The number of esters is 1. The Labute approximate surface area is 146 Å². The topological polar surface area (TPSA) is 38.8 Å². The standard InChI is InChI=1S/C20H31NO3/c1-18(2,3)24-21-19(4,5)13-16(14-20(21,6)7)23-17(22)15-11-9-8-10-12-15/h8-12,16H,13-14H2,1-7H3. The van der Waals surface area contributed by atoms with E-state index in [9.17, 15) is 4.79 Å². The van der Waals surface area contributed by atoms with Crippen LogP contribution >= 0.6 is 0 Å². The Hall–Kier alpha value is -1.39. The molecule has 2 rings (SSSR count). The van der Waals surface area contributed by atoms with Crippen molar-refractivity contribution in [2.24, 2.45) is 0 Å². The summed E-state index contributed by atoms with van der Waals surface area (Å²) in [6.07, 6.45) is 1.36. The van der Waals surface area contributed by atoms with Gasteiger partial charge in [-0.15, -0.1) is 0 Å². The van der Waals surface area contributed by atoms with E-state index in [-0.39, 0.29) is 28.8 Å². The van der Waals surface area contributed by atoms with E-state index in [1.54, 1.807) is 12.1 Å². The van der Waals surface area contributed by atoms with Crippen molar-refractivity contribution in [1.29, 1.82) is 0 Å². The highest BCUT2D eigenvalue weighted by molar-refractivity contribution is 5.89. The quantitative estimate of drug-likeness (QED) is 0.758. The van der Waals surface area contributed by atoms with E-state index in [0.717, 1.165) is 12.8 Å². The minimum Gasteiger partial charge on any atom is -0.459 e. The molecule has 0 N–H and O–H groups in total. The third-order valence-electron chi connectivity index (χ3n) is 4.20. The fourth-order valence-electron chi connectivity index (χ4n) is 3.57. The first-order chi connectivity index (χ1) is 10.9. The van der Waals surface area contributed by atoms with Crippen molar-refractivity contribution < 1.29 is 14.4 Å². The highest BCUT2D eigenvalue weighted by atomic mass is 16.7. The van der Waals surface area contributed by atoms with Crippen molar-refractivity contribution >= 4 is 5.97 Å². The van der Waals surface area contributed by atoms with E-state index < -0.39 is 0 Å². The van der Waals surface area contributed by atoms with Crippen LogP contribution in [0.25, 0.3) is 0 Å². The maximum Gasteiger partial charge on any atom is 0.338 e. The molecule has 0 aliphatic carbocycles. The molecule has 134 valence electrons. The minimum atomic E-state index is -0.262. The van der Waals surface area contributed by atoms with Gasteiger partial charge in [0.1, 0.15) is 6.10 Å². The summed E-state index contributed by atoms with van der Waals surface area (Å²) in [5.41, 5.74) is -0.114. The van der Waals surface area contributed by atoms with Crippen molar-refractivity contribution in [1.82, 2.24) is 5.06 Å². The molecular formula is C20H31NO3. The molecule has 24 heavy (non-hydrogen) atoms. The van der Waals surface area contributed by atoms with Crippen LogP contribution in [0.3, 0.4) is 0 Å². The minimum absolute atomic E-state index is 0.123. The second-order valence-electron chi connectivity index (χ2n) is 8.92. The maximum absolute atomic E-state index is 12.4. The number of carbonyl (C=O) groups is 1. The largest absolute Gasteiger partial charge is 0.459 e. The van der Waals surface area contributed by atoms with Gasteiger partial charge in [-0.25, -0.2) is 4.79 Å². The van der Waals surface area contributed by atoms with Gasteiger partial charge < -0.3 is 4.74 Å². The molecule has 4 nitrogen and oxygen atoms in total. The summed E-state index contributed by atoms with van der Waals surface area (Å²) < 4.78 is 5.81. The average Bonchev–Trinajstić information content (AvgIpc) is 2.42. The van der Waals surface area contributed by atoms with Crippen LogP contribution in [-0.4, -0.2) is 33.8 Å². The van der Waals surface area contributed by atoms with Gasteiger partial charge in [0.15, 0.2) is 0 Å². The molecule has 1 heterocycles. The van der Waals surface area contributed by atoms with Crippen LogP contribution in [-0.2, 0) is 9.57 Å². The zero-order valence-electron chi connectivity index (χ0n) is 16.1. The molecule has 0 bridgehead atoms. The van der Waals surface area contributed by atoms with Gasteiger partial charge in [0, 0.05) is 23.9 Å². The fourth-order valence-corrected chi connectivity index (χ4v) is 3.57. The number of hydrogen-bond donors (Lipinski definition) is 0. The van der Waals surface area contributed by atoms with Gasteiger partial charge in [0.05, 0.1) is 11.2 Å². The normalized spacial score (nSPS) is 21.5. The molecule has 0 aromatic heterocycles. The van der Waals surface area contributed by atoms with Gasteiger partial charge >= 0.3 is 5.97 Å². The van der Waals surface area contributed by atoms with E-state index in [2.05, 4.69) is 53.5 Å². The Bertz CT molecular complexity index is 554. The predicted octanol–water partition coefficient (Wildman–Crippen LogP) is 4.60. The molecule has 1 aliphatic rings. The summed E-state index contributed by atoms with van der Waals surface area (Å²) in [5.74, 6) is -0.252. The van der Waals surface area contributed by atoms with Gasteiger partial charge in [-0.2, -0.15) is 5.06 Å². The monoisotopic (exact) mass is 333 g/mol. The number of hydroxylamine groups is 2. The third-order valence-corrected chi connectivity index (χ3v) is 4.20. The smallest absolute Gasteiger partial charge is 0.338 e. The Morgan fingerprint density at radius 2 is 1.54 bits per heavy atom. The maximum atomic E-state index is 12.4. The van der Waals surface area contributed by atoms with Crippen molar-refractivity contribution in [2.75, 3.05) is 0 Å². The van der Waals surface area contributed by atoms with Gasteiger partial charge in [-0.05, 0) is 60.6 Å². The first kappa shape index (κ1) is 18.9. The van der Waals surface area contributed by atoms with Crippen LogP contribution in [0.5, 0.6) is 0 Å². The first-order valence-electron chi connectivity index (χ1n) is 8.66. The van der Waals surface area contributed by atoms with E-state index in [4.69, 9.17) is 9.57 Å². The summed E-state index contributed by atoms with van der Waals surface area (Å²) in [6, 6.07) is 9.17. The van der Waals surface area contributed by atoms with Crippen LogP contribution < -0.4 is 0 Å².